The molecule has 0 saturated carbocycles. The van der Waals surface area contributed by atoms with Crippen molar-refractivity contribution in [2.24, 2.45) is 0 Å². The fraction of sp³-hybridized carbons (Fsp3) is 0.190. The van der Waals surface area contributed by atoms with E-state index in [1.165, 1.54) is 0 Å². The summed E-state index contributed by atoms with van der Waals surface area (Å²) in [6.07, 6.45) is 4.11. The van der Waals surface area contributed by atoms with E-state index < -0.39 is 0 Å². The second-order valence-corrected chi connectivity index (χ2v) is 6.02. The quantitative estimate of drug-likeness (QED) is 0.696. The molecule has 2 heterocycles. The number of nitrogens with zero attached hydrogens (tertiary/aromatic N) is 3. The van der Waals surface area contributed by atoms with Gasteiger partial charge in [-0.15, -0.1) is 0 Å². The molecule has 138 valence electrons. The Bertz CT molecular complexity index is 899. The normalized spacial score (nSPS) is 10.3. The summed E-state index contributed by atoms with van der Waals surface area (Å²) in [5.74, 6) is 1.08. The largest absolute Gasteiger partial charge is 0.495 e. The molecule has 0 aliphatic carbocycles. The summed E-state index contributed by atoms with van der Waals surface area (Å²) >= 11 is 0. The Morgan fingerprint density at radius 2 is 1.81 bits per heavy atom. The van der Waals surface area contributed by atoms with Crippen molar-refractivity contribution in [3.63, 3.8) is 0 Å². The molecule has 0 saturated heterocycles. The lowest BCUT2D eigenvalue weighted by molar-refractivity contribution is 0.0797. The van der Waals surface area contributed by atoms with Gasteiger partial charge in [0.25, 0.3) is 5.91 Å². The van der Waals surface area contributed by atoms with Crippen LogP contribution in [0.2, 0.25) is 0 Å². The molecule has 3 aromatic rings. The van der Waals surface area contributed by atoms with E-state index in [9.17, 15) is 4.79 Å². The van der Waals surface area contributed by atoms with Crippen LogP contribution in [0.3, 0.4) is 0 Å². The van der Waals surface area contributed by atoms with Gasteiger partial charge >= 0.3 is 0 Å². The summed E-state index contributed by atoms with van der Waals surface area (Å²) in [7, 11) is 3.39. The highest BCUT2D eigenvalue weighted by Gasteiger charge is 2.17. The third-order valence-electron chi connectivity index (χ3n) is 4.17. The lowest BCUT2D eigenvalue weighted by Gasteiger charge is -2.19. The fourth-order valence-electron chi connectivity index (χ4n) is 2.69. The van der Waals surface area contributed by atoms with Crippen molar-refractivity contribution in [1.82, 2.24) is 14.9 Å². The standard InChI is InChI=1S/C21H22N4O2/c1-25(15-12-16-8-5-6-13-22-16)21(26)17-9-7-14-23-20(17)24-18-10-3-4-11-19(18)27-2/h3-11,13-14H,12,15H2,1-2H3,(H,23,24). The monoisotopic (exact) mass is 362 g/mol. The van der Waals surface area contributed by atoms with Gasteiger partial charge in [-0.05, 0) is 36.4 Å². The number of hydrogen-bond donors (Lipinski definition) is 1. The maximum absolute atomic E-state index is 12.9. The van der Waals surface area contributed by atoms with E-state index >= 15 is 0 Å². The molecule has 6 nitrogen and oxygen atoms in total. The lowest BCUT2D eigenvalue weighted by Crippen LogP contribution is -2.29. The first-order chi connectivity index (χ1) is 13.2. The molecule has 1 aromatic carbocycles. The number of nitrogens with one attached hydrogen (secondary N) is 1. The molecule has 6 heteroatoms. The van der Waals surface area contributed by atoms with Gasteiger partial charge in [-0.25, -0.2) is 4.98 Å². The van der Waals surface area contributed by atoms with Crippen molar-refractivity contribution >= 4 is 17.4 Å². The first-order valence-corrected chi connectivity index (χ1v) is 8.69. The predicted molar refractivity (Wildman–Crippen MR) is 105 cm³/mol. The number of methoxy groups -OCH3 is 1. The highest BCUT2D eigenvalue weighted by Crippen LogP contribution is 2.27. The molecule has 27 heavy (non-hydrogen) atoms. The highest BCUT2D eigenvalue weighted by molar-refractivity contribution is 5.99. The van der Waals surface area contributed by atoms with Gasteiger partial charge < -0.3 is 15.0 Å². The Balaban J connectivity index is 1.75. The first kappa shape index (κ1) is 18.4. The van der Waals surface area contributed by atoms with Crippen LogP contribution in [0.15, 0.2) is 67.0 Å². The molecule has 0 atom stereocenters. The van der Waals surface area contributed by atoms with Crippen LogP contribution in [-0.2, 0) is 6.42 Å². The van der Waals surface area contributed by atoms with Gasteiger partial charge in [0.2, 0.25) is 0 Å². The number of aromatic nitrogens is 2. The molecule has 0 fully saturated rings. The third kappa shape index (κ3) is 4.61. The van der Waals surface area contributed by atoms with Crippen molar-refractivity contribution < 1.29 is 9.53 Å². The lowest BCUT2D eigenvalue weighted by atomic mass is 10.2. The van der Waals surface area contributed by atoms with Gasteiger partial charge in [0, 0.05) is 38.1 Å². The number of ether oxygens (including phenoxy) is 1. The summed E-state index contributed by atoms with van der Waals surface area (Å²) < 4.78 is 5.36. The van der Waals surface area contributed by atoms with Gasteiger partial charge in [0.05, 0.1) is 18.4 Å². The minimum atomic E-state index is -0.101. The molecule has 2 aromatic heterocycles. The average molecular weight is 362 g/mol. The highest BCUT2D eigenvalue weighted by atomic mass is 16.5. The molecule has 0 aliphatic heterocycles. The Morgan fingerprint density at radius 3 is 2.59 bits per heavy atom. The number of carbonyl (C=O) groups excluding carboxylic acids is 1. The maximum atomic E-state index is 12.9. The summed E-state index contributed by atoms with van der Waals surface area (Å²) in [4.78, 5) is 23.2. The zero-order valence-corrected chi connectivity index (χ0v) is 15.4. The van der Waals surface area contributed by atoms with Crippen LogP contribution in [-0.4, -0.2) is 41.5 Å². The van der Waals surface area contributed by atoms with Gasteiger partial charge in [-0.2, -0.15) is 0 Å². The van der Waals surface area contributed by atoms with Crippen LogP contribution < -0.4 is 10.1 Å². The van der Waals surface area contributed by atoms with E-state index in [2.05, 4.69) is 15.3 Å². The Hall–Kier alpha value is -3.41. The molecule has 0 unspecified atom stereocenters. The van der Waals surface area contributed by atoms with E-state index in [0.717, 1.165) is 11.4 Å². The van der Waals surface area contributed by atoms with Crippen LogP contribution in [0.5, 0.6) is 5.75 Å². The summed E-state index contributed by atoms with van der Waals surface area (Å²) in [5.41, 5.74) is 2.21. The number of benzene rings is 1. The first-order valence-electron chi connectivity index (χ1n) is 8.69. The van der Waals surface area contributed by atoms with Gasteiger partial charge in [-0.1, -0.05) is 18.2 Å². The topological polar surface area (TPSA) is 67.3 Å². The Kier molecular flexibility index (Phi) is 5.99. The van der Waals surface area contributed by atoms with Crippen molar-refractivity contribution in [2.45, 2.75) is 6.42 Å². The van der Waals surface area contributed by atoms with Crippen LogP contribution in [0.1, 0.15) is 16.1 Å². The molecule has 0 radical (unpaired) electrons. The van der Waals surface area contributed by atoms with Crippen molar-refractivity contribution in [3.05, 3.63) is 78.2 Å². The molecule has 0 bridgehead atoms. The van der Waals surface area contributed by atoms with Crippen molar-refractivity contribution in [2.75, 3.05) is 26.0 Å². The van der Waals surface area contributed by atoms with Crippen LogP contribution in [0.25, 0.3) is 0 Å². The number of para-hydroxylation sites is 2. The Labute approximate surface area is 158 Å². The number of likely N-dealkylation sites (N-methyl/N-ethyl adjacent to an activating group) is 1. The van der Waals surface area contributed by atoms with E-state index in [0.29, 0.717) is 30.1 Å². The van der Waals surface area contributed by atoms with Gasteiger partial charge in [0.15, 0.2) is 0 Å². The zero-order chi connectivity index (χ0) is 19.1. The maximum Gasteiger partial charge on any atom is 0.257 e. The molecule has 1 amide bonds. The average Bonchev–Trinajstić information content (AvgIpc) is 2.73. The third-order valence-corrected chi connectivity index (χ3v) is 4.17. The zero-order valence-electron chi connectivity index (χ0n) is 15.4. The summed E-state index contributed by atoms with van der Waals surface area (Å²) in [6.45, 7) is 0.568. The summed E-state index contributed by atoms with van der Waals surface area (Å²) in [5, 5.41) is 3.21. The van der Waals surface area contributed by atoms with Crippen LogP contribution >= 0.6 is 0 Å². The SMILES string of the molecule is COc1ccccc1Nc1ncccc1C(=O)N(C)CCc1ccccn1. The molecule has 0 aliphatic rings. The number of amides is 1. The number of rotatable bonds is 7. The van der Waals surface area contributed by atoms with Gasteiger partial charge in [0.1, 0.15) is 11.6 Å². The number of pyridine rings is 2. The Morgan fingerprint density at radius 1 is 1.04 bits per heavy atom. The van der Waals surface area contributed by atoms with E-state index in [4.69, 9.17) is 4.74 Å². The van der Waals surface area contributed by atoms with Gasteiger partial charge in [-0.3, -0.25) is 9.78 Å². The molecular formula is C21H22N4O2. The summed E-state index contributed by atoms with van der Waals surface area (Å²) in [6, 6.07) is 16.8. The van der Waals surface area contributed by atoms with E-state index in [-0.39, 0.29) is 5.91 Å². The minimum absolute atomic E-state index is 0.101. The molecule has 1 N–H and O–H groups in total. The van der Waals surface area contributed by atoms with Crippen LogP contribution in [0, 0.1) is 0 Å². The van der Waals surface area contributed by atoms with Crippen LogP contribution in [0.4, 0.5) is 11.5 Å². The smallest absolute Gasteiger partial charge is 0.257 e. The van der Waals surface area contributed by atoms with Crippen molar-refractivity contribution in [1.29, 1.82) is 0 Å². The van der Waals surface area contributed by atoms with E-state index in [1.807, 2.05) is 42.5 Å². The number of carbonyl (C=O) groups is 1. The molecule has 3 rings (SSSR count). The van der Waals surface area contributed by atoms with Crippen molar-refractivity contribution in [3.8, 4) is 5.75 Å². The number of hydrogen-bond acceptors (Lipinski definition) is 5. The minimum Gasteiger partial charge on any atom is -0.495 e. The fourth-order valence-corrected chi connectivity index (χ4v) is 2.69. The second kappa shape index (κ2) is 8.80. The predicted octanol–water partition coefficient (Wildman–Crippen LogP) is 3.54. The second-order valence-electron chi connectivity index (χ2n) is 6.02. The molecule has 0 spiro atoms. The number of anilines is 2. The molecular weight excluding hydrogens is 340 g/mol. The van der Waals surface area contributed by atoms with E-state index in [1.54, 1.807) is 43.6 Å².